The standard InChI is InChI=1S/C15H11N3O4/c1-9-5-4-8-12(16-9)17-13-10-6-2-3-7-11(10)22-15(19)14(13)18(20)21/h2-8H,1H3,(H,16,17). The van der Waals surface area contributed by atoms with Crippen LogP contribution in [0.2, 0.25) is 0 Å². The summed E-state index contributed by atoms with van der Waals surface area (Å²) in [6.45, 7) is 1.80. The molecule has 0 bridgehead atoms. The molecule has 110 valence electrons. The van der Waals surface area contributed by atoms with E-state index in [0.717, 1.165) is 5.69 Å². The van der Waals surface area contributed by atoms with Crippen LogP contribution in [0.1, 0.15) is 5.69 Å². The summed E-state index contributed by atoms with van der Waals surface area (Å²) in [6.07, 6.45) is 0. The molecule has 1 N–H and O–H groups in total. The zero-order valence-electron chi connectivity index (χ0n) is 11.6. The molecular weight excluding hydrogens is 286 g/mol. The fourth-order valence-electron chi connectivity index (χ4n) is 2.17. The smallest absolute Gasteiger partial charge is 0.417 e. The summed E-state index contributed by atoms with van der Waals surface area (Å²) in [5, 5.41) is 14.5. The zero-order valence-corrected chi connectivity index (χ0v) is 11.6. The molecule has 22 heavy (non-hydrogen) atoms. The van der Waals surface area contributed by atoms with Crippen molar-refractivity contribution < 1.29 is 9.34 Å². The summed E-state index contributed by atoms with van der Waals surface area (Å²) in [5.41, 5.74) is -0.538. The third-order valence-corrected chi connectivity index (χ3v) is 3.11. The minimum Gasteiger partial charge on any atom is -0.418 e. The van der Waals surface area contributed by atoms with Crippen molar-refractivity contribution in [3.8, 4) is 0 Å². The van der Waals surface area contributed by atoms with Crippen LogP contribution in [0, 0.1) is 17.0 Å². The molecule has 0 aliphatic rings. The van der Waals surface area contributed by atoms with Gasteiger partial charge in [0.1, 0.15) is 17.1 Å². The Kier molecular flexibility index (Phi) is 3.30. The monoisotopic (exact) mass is 297 g/mol. The van der Waals surface area contributed by atoms with Gasteiger partial charge in [-0.05, 0) is 31.2 Å². The Hall–Kier alpha value is -3.22. The number of nitrogens with zero attached hydrogens (tertiary/aromatic N) is 2. The molecule has 0 fully saturated rings. The fourth-order valence-corrected chi connectivity index (χ4v) is 2.17. The van der Waals surface area contributed by atoms with Gasteiger partial charge in [-0.15, -0.1) is 0 Å². The number of para-hydroxylation sites is 1. The van der Waals surface area contributed by atoms with Gasteiger partial charge in [0, 0.05) is 11.1 Å². The van der Waals surface area contributed by atoms with Crippen LogP contribution in [-0.2, 0) is 0 Å². The van der Waals surface area contributed by atoms with E-state index >= 15 is 0 Å². The summed E-state index contributed by atoms with van der Waals surface area (Å²) in [5.74, 6) is 0.416. The van der Waals surface area contributed by atoms with Crippen LogP contribution in [0.4, 0.5) is 17.2 Å². The quantitative estimate of drug-likeness (QED) is 0.453. The fraction of sp³-hybridized carbons (Fsp3) is 0.0667. The highest BCUT2D eigenvalue weighted by Crippen LogP contribution is 2.31. The van der Waals surface area contributed by atoms with E-state index in [1.54, 1.807) is 49.4 Å². The molecule has 2 heterocycles. The Morgan fingerprint density at radius 3 is 2.68 bits per heavy atom. The van der Waals surface area contributed by atoms with Crippen molar-refractivity contribution in [3.05, 3.63) is 68.7 Å². The second kappa shape index (κ2) is 5.28. The molecule has 0 aliphatic carbocycles. The molecule has 0 aliphatic heterocycles. The Morgan fingerprint density at radius 1 is 1.18 bits per heavy atom. The maximum Gasteiger partial charge on any atom is 0.417 e. The highest BCUT2D eigenvalue weighted by atomic mass is 16.6. The number of pyridine rings is 1. The van der Waals surface area contributed by atoms with Gasteiger partial charge in [-0.3, -0.25) is 10.1 Å². The number of aromatic nitrogens is 1. The molecule has 3 aromatic rings. The maximum atomic E-state index is 11.9. The summed E-state index contributed by atoms with van der Waals surface area (Å²) in [4.78, 5) is 26.6. The molecule has 0 amide bonds. The van der Waals surface area contributed by atoms with Crippen molar-refractivity contribution in [2.45, 2.75) is 6.92 Å². The molecule has 0 atom stereocenters. The Balaban J connectivity index is 2.27. The van der Waals surface area contributed by atoms with Crippen LogP contribution in [0.25, 0.3) is 11.0 Å². The van der Waals surface area contributed by atoms with Crippen LogP contribution >= 0.6 is 0 Å². The topological polar surface area (TPSA) is 98.3 Å². The molecular formula is C15H11N3O4. The number of fused-ring (bicyclic) bond motifs is 1. The van der Waals surface area contributed by atoms with Crippen LogP contribution < -0.4 is 10.9 Å². The zero-order chi connectivity index (χ0) is 15.7. The summed E-state index contributed by atoms with van der Waals surface area (Å²) in [6, 6.07) is 11.9. The van der Waals surface area contributed by atoms with Gasteiger partial charge in [-0.25, -0.2) is 9.78 Å². The third kappa shape index (κ3) is 2.39. The van der Waals surface area contributed by atoms with Crippen molar-refractivity contribution in [2.24, 2.45) is 0 Å². The van der Waals surface area contributed by atoms with E-state index in [9.17, 15) is 14.9 Å². The summed E-state index contributed by atoms with van der Waals surface area (Å²) in [7, 11) is 0. The van der Waals surface area contributed by atoms with Crippen LogP contribution in [0.3, 0.4) is 0 Å². The Morgan fingerprint density at radius 2 is 1.95 bits per heavy atom. The molecule has 0 spiro atoms. The van der Waals surface area contributed by atoms with Crippen molar-refractivity contribution in [2.75, 3.05) is 5.32 Å². The normalized spacial score (nSPS) is 10.6. The average Bonchev–Trinajstić information content (AvgIpc) is 2.46. The molecule has 3 rings (SSSR count). The lowest BCUT2D eigenvalue weighted by molar-refractivity contribution is -0.386. The predicted octanol–water partition coefficient (Wildman–Crippen LogP) is 3.15. The summed E-state index contributed by atoms with van der Waals surface area (Å²) < 4.78 is 5.00. The minimum absolute atomic E-state index is 0.0787. The van der Waals surface area contributed by atoms with Gasteiger partial charge in [-0.1, -0.05) is 18.2 Å². The van der Waals surface area contributed by atoms with Crippen LogP contribution in [0.15, 0.2) is 51.7 Å². The Labute approximate surface area is 124 Å². The van der Waals surface area contributed by atoms with Gasteiger partial charge in [0.25, 0.3) is 0 Å². The first-order chi connectivity index (χ1) is 10.6. The van der Waals surface area contributed by atoms with Crippen molar-refractivity contribution in [1.82, 2.24) is 4.98 Å². The highest BCUT2D eigenvalue weighted by Gasteiger charge is 2.25. The number of benzene rings is 1. The predicted molar refractivity (Wildman–Crippen MR) is 81.4 cm³/mol. The van der Waals surface area contributed by atoms with Crippen LogP contribution in [0.5, 0.6) is 0 Å². The highest BCUT2D eigenvalue weighted by molar-refractivity contribution is 5.95. The second-order valence-electron chi connectivity index (χ2n) is 4.66. The number of nitro groups is 1. The summed E-state index contributed by atoms with van der Waals surface area (Å²) >= 11 is 0. The van der Waals surface area contributed by atoms with Crippen LogP contribution in [-0.4, -0.2) is 9.91 Å². The third-order valence-electron chi connectivity index (χ3n) is 3.11. The number of anilines is 2. The molecule has 2 aromatic heterocycles. The van der Waals surface area contributed by atoms with E-state index in [-0.39, 0.29) is 11.3 Å². The largest absolute Gasteiger partial charge is 0.418 e. The molecule has 0 saturated carbocycles. The minimum atomic E-state index is -1.00. The van der Waals surface area contributed by atoms with Gasteiger partial charge in [-0.2, -0.15) is 0 Å². The molecule has 7 heteroatoms. The van der Waals surface area contributed by atoms with Crippen molar-refractivity contribution in [3.63, 3.8) is 0 Å². The number of nitrogens with one attached hydrogen (secondary N) is 1. The lowest BCUT2D eigenvalue weighted by Crippen LogP contribution is -2.11. The first-order valence-electron chi connectivity index (χ1n) is 6.47. The van der Waals surface area contributed by atoms with Gasteiger partial charge in [0.05, 0.1) is 4.92 Å². The number of hydrogen-bond donors (Lipinski definition) is 1. The van der Waals surface area contributed by atoms with E-state index in [1.807, 2.05) is 0 Å². The first-order valence-corrected chi connectivity index (χ1v) is 6.47. The average molecular weight is 297 g/mol. The first kappa shape index (κ1) is 13.7. The lowest BCUT2D eigenvalue weighted by atomic mass is 10.2. The maximum absolute atomic E-state index is 11.9. The van der Waals surface area contributed by atoms with E-state index in [2.05, 4.69) is 10.3 Å². The van der Waals surface area contributed by atoms with Gasteiger partial charge in [0.15, 0.2) is 0 Å². The number of rotatable bonds is 3. The molecule has 7 nitrogen and oxygen atoms in total. The van der Waals surface area contributed by atoms with E-state index in [0.29, 0.717) is 11.2 Å². The second-order valence-corrected chi connectivity index (χ2v) is 4.66. The Bertz CT molecular complexity index is 933. The van der Waals surface area contributed by atoms with E-state index < -0.39 is 16.2 Å². The molecule has 0 radical (unpaired) electrons. The molecule has 0 unspecified atom stereocenters. The van der Waals surface area contributed by atoms with Crippen molar-refractivity contribution in [1.29, 1.82) is 0 Å². The molecule has 0 saturated heterocycles. The molecule has 1 aromatic carbocycles. The van der Waals surface area contributed by atoms with E-state index in [1.165, 1.54) is 0 Å². The van der Waals surface area contributed by atoms with E-state index in [4.69, 9.17) is 4.42 Å². The number of hydrogen-bond acceptors (Lipinski definition) is 6. The van der Waals surface area contributed by atoms with Gasteiger partial charge >= 0.3 is 11.3 Å². The van der Waals surface area contributed by atoms with Crippen molar-refractivity contribution >= 4 is 28.2 Å². The SMILES string of the molecule is Cc1cccc(Nc2c([N+](=O)[O-])c(=O)oc3ccccc23)n1. The van der Waals surface area contributed by atoms with Gasteiger partial charge < -0.3 is 9.73 Å². The van der Waals surface area contributed by atoms with Gasteiger partial charge in [0.2, 0.25) is 0 Å². The number of aryl methyl sites for hydroxylation is 1. The lowest BCUT2D eigenvalue weighted by Gasteiger charge is -2.09.